The normalized spacial score (nSPS) is 10.6. The molecule has 5 heteroatoms. The quantitative estimate of drug-likeness (QED) is 0.814. The fourth-order valence-electron chi connectivity index (χ4n) is 1.61. The number of ether oxygens (including phenoxy) is 1. The number of hydrogen-bond donors (Lipinski definition) is 1. The Balaban J connectivity index is 1.81. The molecule has 0 bridgehead atoms. The first-order valence-electron chi connectivity index (χ1n) is 5.90. The van der Waals surface area contributed by atoms with E-state index in [9.17, 15) is 0 Å². The summed E-state index contributed by atoms with van der Waals surface area (Å²) in [6.07, 6.45) is 0.947. The second-order valence-electron chi connectivity index (χ2n) is 3.94. The highest BCUT2D eigenvalue weighted by Crippen LogP contribution is 2.10. The summed E-state index contributed by atoms with van der Waals surface area (Å²) in [6, 6.07) is 6.09. The Labute approximate surface area is 111 Å². The lowest BCUT2D eigenvalue weighted by Crippen LogP contribution is -2.05. The van der Waals surface area contributed by atoms with Crippen LogP contribution in [0.15, 0.2) is 23.6 Å². The van der Waals surface area contributed by atoms with E-state index < -0.39 is 0 Å². The summed E-state index contributed by atoms with van der Waals surface area (Å²) >= 11 is 1.76. The largest absolute Gasteiger partial charge is 0.373 e. The van der Waals surface area contributed by atoms with Crippen LogP contribution in [0.1, 0.15) is 16.4 Å². The Kier molecular flexibility index (Phi) is 4.66. The van der Waals surface area contributed by atoms with E-state index >= 15 is 0 Å². The topological polar surface area (TPSA) is 47.0 Å². The molecule has 2 rings (SSSR count). The minimum atomic E-state index is 0.460. The SMILES string of the molecule is CNc1cc(C)nc(COCCc2cccs2)n1. The van der Waals surface area contributed by atoms with Crippen LogP contribution in [0.25, 0.3) is 0 Å². The van der Waals surface area contributed by atoms with Crippen molar-refractivity contribution in [2.45, 2.75) is 20.0 Å². The molecule has 18 heavy (non-hydrogen) atoms. The Morgan fingerprint density at radius 1 is 1.39 bits per heavy atom. The van der Waals surface area contributed by atoms with Crippen molar-refractivity contribution in [2.24, 2.45) is 0 Å². The fraction of sp³-hybridized carbons (Fsp3) is 0.385. The maximum absolute atomic E-state index is 5.60. The highest BCUT2D eigenvalue weighted by atomic mass is 32.1. The highest BCUT2D eigenvalue weighted by Gasteiger charge is 2.01. The molecule has 0 aromatic carbocycles. The molecule has 0 atom stereocenters. The molecule has 4 nitrogen and oxygen atoms in total. The van der Waals surface area contributed by atoms with Crippen LogP contribution in [0.2, 0.25) is 0 Å². The van der Waals surface area contributed by atoms with Gasteiger partial charge in [-0.05, 0) is 18.4 Å². The van der Waals surface area contributed by atoms with Crippen LogP contribution in [-0.2, 0) is 17.8 Å². The number of rotatable bonds is 6. The number of anilines is 1. The summed E-state index contributed by atoms with van der Waals surface area (Å²) < 4.78 is 5.60. The van der Waals surface area contributed by atoms with Crippen molar-refractivity contribution in [1.29, 1.82) is 0 Å². The molecule has 96 valence electrons. The summed E-state index contributed by atoms with van der Waals surface area (Å²) in [5.74, 6) is 1.56. The lowest BCUT2D eigenvalue weighted by atomic mass is 10.4. The highest BCUT2D eigenvalue weighted by molar-refractivity contribution is 7.09. The van der Waals surface area contributed by atoms with Gasteiger partial charge in [0.15, 0.2) is 5.82 Å². The number of aryl methyl sites for hydroxylation is 1. The molecule has 0 aliphatic rings. The Hall–Kier alpha value is -1.46. The maximum Gasteiger partial charge on any atom is 0.156 e. The molecule has 0 aliphatic carbocycles. The average Bonchev–Trinajstić information content (AvgIpc) is 2.87. The van der Waals surface area contributed by atoms with Crippen molar-refractivity contribution in [1.82, 2.24) is 9.97 Å². The van der Waals surface area contributed by atoms with Gasteiger partial charge in [-0.15, -0.1) is 11.3 Å². The van der Waals surface area contributed by atoms with Gasteiger partial charge in [-0.2, -0.15) is 0 Å². The fourth-order valence-corrected chi connectivity index (χ4v) is 2.30. The summed E-state index contributed by atoms with van der Waals surface area (Å²) in [5, 5.41) is 5.10. The van der Waals surface area contributed by atoms with Gasteiger partial charge in [0.2, 0.25) is 0 Å². The number of aromatic nitrogens is 2. The van der Waals surface area contributed by atoms with E-state index in [2.05, 4.69) is 32.8 Å². The van der Waals surface area contributed by atoms with Gasteiger partial charge < -0.3 is 10.1 Å². The number of nitrogens with zero attached hydrogens (tertiary/aromatic N) is 2. The molecule has 0 amide bonds. The lowest BCUT2D eigenvalue weighted by molar-refractivity contribution is 0.118. The summed E-state index contributed by atoms with van der Waals surface area (Å²) in [5.41, 5.74) is 0.950. The van der Waals surface area contributed by atoms with E-state index in [0.29, 0.717) is 13.2 Å². The molecule has 0 fully saturated rings. The summed E-state index contributed by atoms with van der Waals surface area (Å²) in [7, 11) is 1.85. The zero-order valence-electron chi connectivity index (χ0n) is 10.6. The molecule has 2 heterocycles. The van der Waals surface area contributed by atoms with Crippen LogP contribution in [0, 0.1) is 6.92 Å². The van der Waals surface area contributed by atoms with Gasteiger partial charge in [-0.25, -0.2) is 9.97 Å². The summed E-state index contributed by atoms with van der Waals surface area (Å²) in [6.45, 7) is 3.12. The van der Waals surface area contributed by atoms with Crippen LogP contribution in [0.4, 0.5) is 5.82 Å². The Morgan fingerprint density at radius 3 is 3.00 bits per heavy atom. The van der Waals surface area contributed by atoms with E-state index in [1.54, 1.807) is 11.3 Å². The van der Waals surface area contributed by atoms with Crippen molar-refractivity contribution in [3.05, 3.63) is 40.0 Å². The van der Waals surface area contributed by atoms with Gasteiger partial charge in [-0.1, -0.05) is 6.07 Å². The second kappa shape index (κ2) is 6.47. The smallest absolute Gasteiger partial charge is 0.156 e. The zero-order valence-corrected chi connectivity index (χ0v) is 11.5. The van der Waals surface area contributed by atoms with E-state index in [1.165, 1.54) is 4.88 Å². The van der Waals surface area contributed by atoms with Crippen molar-refractivity contribution in [3.63, 3.8) is 0 Å². The van der Waals surface area contributed by atoms with Crippen LogP contribution in [0.3, 0.4) is 0 Å². The van der Waals surface area contributed by atoms with Gasteiger partial charge >= 0.3 is 0 Å². The average molecular weight is 263 g/mol. The molecule has 0 aliphatic heterocycles. The van der Waals surface area contributed by atoms with Crippen molar-refractivity contribution < 1.29 is 4.74 Å². The first-order valence-corrected chi connectivity index (χ1v) is 6.78. The first-order chi connectivity index (χ1) is 8.78. The van der Waals surface area contributed by atoms with Crippen LogP contribution < -0.4 is 5.32 Å². The number of thiophene rings is 1. The summed E-state index contributed by atoms with van der Waals surface area (Å²) in [4.78, 5) is 10.0. The molecule has 0 unspecified atom stereocenters. The van der Waals surface area contributed by atoms with E-state index in [0.717, 1.165) is 23.8 Å². The molecule has 0 saturated carbocycles. The molecule has 2 aromatic heterocycles. The predicted octanol–water partition coefficient (Wildman–Crippen LogP) is 2.65. The third-order valence-corrected chi connectivity index (χ3v) is 3.40. The molecule has 1 N–H and O–H groups in total. The Bertz CT molecular complexity index is 485. The third kappa shape index (κ3) is 3.78. The van der Waals surface area contributed by atoms with Crippen LogP contribution >= 0.6 is 11.3 Å². The second-order valence-corrected chi connectivity index (χ2v) is 4.97. The standard InChI is InChI=1S/C13H17N3OS/c1-10-8-12(14-2)16-13(15-10)9-17-6-5-11-4-3-7-18-11/h3-4,7-8H,5-6,9H2,1-2H3,(H,14,15,16). The molecule has 2 aromatic rings. The Morgan fingerprint density at radius 2 is 2.28 bits per heavy atom. The lowest BCUT2D eigenvalue weighted by Gasteiger charge is -2.06. The van der Waals surface area contributed by atoms with E-state index in [1.807, 2.05) is 20.0 Å². The number of nitrogens with one attached hydrogen (secondary N) is 1. The van der Waals surface area contributed by atoms with Gasteiger partial charge in [0, 0.05) is 30.1 Å². The molecule has 0 spiro atoms. The monoisotopic (exact) mass is 263 g/mol. The van der Waals surface area contributed by atoms with Crippen molar-refractivity contribution in [3.8, 4) is 0 Å². The predicted molar refractivity (Wildman–Crippen MR) is 74.0 cm³/mol. The van der Waals surface area contributed by atoms with Crippen LogP contribution in [0.5, 0.6) is 0 Å². The van der Waals surface area contributed by atoms with Gasteiger partial charge in [-0.3, -0.25) is 0 Å². The molecule has 0 saturated heterocycles. The molecule has 0 radical (unpaired) electrons. The zero-order chi connectivity index (χ0) is 12.8. The van der Waals surface area contributed by atoms with E-state index in [4.69, 9.17) is 4.74 Å². The number of hydrogen-bond acceptors (Lipinski definition) is 5. The molecular formula is C13H17N3OS. The van der Waals surface area contributed by atoms with Crippen LogP contribution in [-0.4, -0.2) is 23.6 Å². The minimum absolute atomic E-state index is 0.460. The first kappa shape index (κ1) is 13.0. The van der Waals surface area contributed by atoms with E-state index in [-0.39, 0.29) is 0 Å². The van der Waals surface area contributed by atoms with Gasteiger partial charge in [0.05, 0.1) is 6.61 Å². The minimum Gasteiger partial charge on any atom is -0.373 e. The van der Waals surface area contributed by atoms with Gasteiger partial charge in [0.1, 0.15) is 12.4 Å². The maximum atomic E-state index is 5.60. The third-order valence-electron chi connectivity index (χ3n) is 2.46. The van der Waals surface area contributed by atoms with Crippen molar-refractivity contribution >= 4 is 17.2 Å². The van der Waals surface area contributed by atoms with Crippen molar-refractivity contribution in [2.75, 3.05) is 19.0 Å². The van der Waals surface area contributed by atoms with Gasteiger partial charge in [0.25, 0.3) is 0 Å². The molecular weight excluding hydrogens is 246 g/mol.